The van der Waals surface area contributed by atoms with Gasteiger partial charge in [0.05, 0.1) is 0 Å². The van der Waals surface area contributed by atoms with E-state index in [1.165, 1.54) is 16.8 Å². The first-order valence-electron chi connectivity index (χ1n) is 12.6. The topological polar surface area (TPSA) is 36.0 Å². The van der Waals surface area contributed by atoms with Crippen molar-refractivity contribution in [2.24, 2.45) is 5.92 Å². The summed E-state index contributed by atoms with van der Waals surface area (Å²) in [6.45, 7) is 14.9. The lowest BCUT2D eigenvalue weighted by molar-refractivity contribution is 0.103. The number of piperazine rings is 1. The molecule has 2 aliphatic rings. The quantitative estimate of drug-likeness (QED) is 0.487. The average molecular weight is 462 g/mol. The molecule has 5 nitrogen and oxygen atoms in total. The van der Waals surface area contributed by atoms with Crippen molar-refractivity contribution in [1.82, 2.24) is 9.80 Å². The van der Waals surface area contributed by atoms with Crippen LogP contribution in [0.2, 0.25) is 0 Å². The second-order valence-electron chi connectivity index (χ2n) is 9.89. The third-order valence-corrected chi connectivity index (χ3v) is 7.80. The van der Waals surface area contributed by atoms with Gasteiger partial charge in [0.2, 0.25) is 0 Å². The van der Waals surface area contributed by atoms with Crippen molar-refractivity contribution < 1.29 is 9.53 Å². The van der Waals surface area contributed by atoms with Crippen LogP contribution in [0.25, 0.3) is 0 Å². The molecule has 0 bridgehead atoms. The number of nitrogens with zero attached hydrogens (tertiary/aromatic N) is 3. The Morgan fingerprint density at radius 1 is 1.09 bits per heavy atom. The second kappa shape index (κ2) is 11.1. The predicted octanol–water partition coefficient (Wildman–Crippen LogP) is 5.49. The standard InChI is InChI=1S/C29H39N3O2/c1-5-14-31-16-18-32(19-17-31)25-11-12-27-26(22(2)23(3)28(27)20-25)13-15-30(4)29(33)34-21-24-9-7-6-8-10-24/h5-12,20,22-23,26H,1,13-19,21H2,2-4H3/t22?,23?,26-/m1/s1. The average Bonchev–Trinajstić information content (AvgIpc) is 3.11. The molecule has 182 valence electrons. The molecule has 2 aromatic rings. The fourth-order valence-corrected chi connectivity index (χ4v) is 5.45. The molecule has 1 heterocycles. The molecule has 4 rings (SSSR count). The van der Waals surface area contributed by atoms with Crippen LogP contribution in [0.15, 0.2) is 61.2 Å². The Hall–Kier alpha value is -2.79. The van der Waals surface area contributed by atoms with Gasteiger partial charge >= 0.3 is 6.09 Å². The van der Waals surface area contributed by atoms with Crippen molar-refractivity contribution in [3.05, 3.63) is 77.9 Å². The van der Waals surface area contributed by atoms with Crippen molar-refractivity contribution in [3.63, 3.8) is 0 Å². The largest absolute Gasteiger partial charge is 0.445 e. The maximum atomic E-state index is 12.5. The normalized spacial score (nSPS) is 22.3. The molecule has 1 fully saturated rings. The molecule has 1 amide bonds. The van der Waals surface area contributed by atoms with Crippen molar-refractivity contribution in [1.29, 1.82) is 0 Å². The highest BCUT2D eigenvalue weighted by molar-refractivity contribution is 5.67. The lowest BCUT2D eigenvalue weighted by Gasteiger charge is -2.36. The number of rotatable bonds is 8. The summed E-state index contributed by atoms with van der Waals surface area (Å²) in [5.41, 5.74) is 5.30. The van der Waals surface area contributed by atoms with Crippen LogP contribution in [0.1, 0.15) is 48.8 Å². The maximum Gasteiger partial charge on any atom is 0.409 e. The highest BCUT2D eigenvalue weighted by Crippen LogP contribution is 2.48. The molecule has 1 saturated heterocycles. The Kier molecular flexibility index (Phi) is 7.94. The van der Waals surface area contributed by atoms with E-state index in [0.29, 0.717) is 30.9 Å². The van der Waals surface area contributed by atoms with Crippen LogP contribution >= 0.6 is 0 Å². The summed E-state index contributed by atoms with van der Waals surface area (Å²) in [6, 6.07) is 16.9. The fraction of sp³-hybridized carbons (Fsp3) is 0.483. The van der Waals surface area contributed by atoms with Crippen LogP contribution < -0.4 is 4.90 Å². The summed E-state index contributed by atoms with van der Waals surface area (Å²) in [6.07, 6.45) is 2.69. The molecule has 0 N–H and O–H groups in total. The molecule has 2 aromatic carbocycles. The van der Waals surface area contributed by atoms with Gasteiger partial charge in [-0.05, 0) is 53.0 Å². The lowest BCUT2D eigenvalue weighted by atomic mass is 9.87. The van der Waals surface area contributed by atoms with Gasteiger partial charge in [0.1, 0.15) is 6.61 Å². The number of carbonyl (C=O) groups excluding carboxylic acids is 1. The first kappa shape index (κ1) is 24.3. The smallest absolute Gasteiger partial charge is 0.409 e. The van der Waals surface area contributed by atoms with Crippen molar-refractivity contribution in [2.45, 2.75) is 38.7 Å². The van der Waals surface area contributed by atoms with Crippen LogP contribution in [0.3, 0.4) is 0 Å². The minimum absolute atomic E-state index is 0.256. The van der Waals surface area contributed by atoms with Gasteiger partial charge in [-0.3, -0.25) is 4.90 Å². The zero-order valence-electron chi connectivity index (χ0n) is 21.0. The first-order valence-corrected chi connectivity index (χ1v) is 12.6. The van der Waals surface area contributed by atoms with E-state index in [9.17, 15) is 4.79 Å². The van der Waals surface area contributed by atoms with Crippen LogP contribution in [0.5, 0.6) is 0 Å². The van der Waals surface area contributed by atoms with Gasteiger partial charge in [-0.15, -0.1) is 6.58 Å². The van der Waals surface area contributed by atoms with E-state index < -0.39 is 0 Å². The number of fused-ring (bicyclic) bond motifs is 1. The van der Waals surface area contributed by atoms with Gasteiger partial charge in [0.25, 0.3) is 0 Å². The SMILES string of the molecule is C=CCN1CCN(c2ccc3c(c2)C(C)C(C)[C@H]3CCN(C)C(=O)OCc2ccccc2)CC1. The minimum atomic E-state index is -0.256. The molecule has 0 aromatic heterocycles. The molecule has 2 unspecified atom stereocenters. The zero-order chi connectivity index (χ0) is 24.1. The summed E-state index contributed by atoms with van der Waals surface area (Å²) < 4.78 is 5.50. The van der Waals surface area contributed by atoms with E-state index in [0.717, 1.165) is 44.7 Å². The molecule has 3 atom stereocenters. The third-order valence-electron chi connectivity index (χ3n) is 7.80. The van der Waals surface area contributed by atoms with Gasteiger partial charge in [-0.25, -0.2) is 4.79 Å². The number of anilines is 1. The summed E-state index contributed by atoms with van der Waals surface area (Å²) in [5, 5.41) is 0. The molecular weight excluding hydrogens is 422 g/mol. The van der Waals surface area contributed by atoms with Crippen LogP contribution in [-0.4, -0.2) is 62.2 Å². The van der Waals surface area contributed by atoms with E-state index >= 15 is 0 Å². The number of hydrogen-bond acceptors (Lipinski definition) is 4. The van der Waals surface area contributed by atoms with Gasteiger partial charge in [-0.2, -0.15) is 0 Å². The van der Waals surface area contributed by atoms with Crippen LogP contribution in [-0.2, 0) is 11.3 Å². The zero-order valence-corrected chi connectivity index (χ0v) is 21.0. The number of carbonyl (C=O) groups is 1. The number of amides is 1. The van der Waals surface area contributed by atoms with E-state index in [-0.39, 0.29) is 6.09 Å². The van der Waals surface area contributed by atoms with Gasteiger partial charge in [0.15, 0.2) is 0 Å². The Balaban J connectivity index is 1.34. The van der Waals surface area contributed by atoms with Crippen LogP contribution in [0.4, 0.5) is 10.5 Å². The predicted molar refractivity (Wildman–Crippen MR) is 139 cm³/mol. The Labute approximate surface area is 205 Å². The fourth-order valence-electron chi connectivity index (χ4n) is 5.45. The summed E-state index contributed by atoms with van der Waals surface area (Å²) >= 11 is 0. The number of benzene rings is 2. The van der Waals surface area contributed by atoms with Crippen molar-refractivity contribution >= 4 is 11.8 Å². The maximum absolute atomic E-state index is 12.5. The first-order chi connectivity index (χ1) is 16.5. The van der Waals surface area contributed by atoms with Crippen LogP contribution in [0, 0.1) is 5.92 Å². The monoisotopic (exact) mass is 461 g/mol. The molecule has 0 saturated carbocycles. The Bertz CT molecular complexity index is 969. The van der Waals surface area contributed by atoms with E-state index in [4.69, 9.17) is 4.74 Å². The van der Waals surface area contributed by atoms with E-state index in [1.807, 2.05) is 43.5 Å². The molecule has 1 aliphatic carbocycles. The van der Waals surface area contributed by atoms with Crippen molar-refractivity contribution in [2.75, 3.05) is 51.2 Å². The molecule has 5 heteroatoms. The molecule has 1 aliphatic heterocycles. The molecular formula is C29H39N3O2. The summed E-state index contributed by atoms with van der Waals surface area (Å²) in [7, 11) is 1.84. The van der Waals surface area contributed by atoms with Gasteiger partial charge in [0, 0.05) is 52.0 Å². The van der Waals surface area contributed by atoms with Crippen molar-refractivity contribution in [3.8, 4) is 0 Å². The Morgan fingerprint density at radius 3 is 2.53 bits per heavy atom. The summed E-state index contributed by atoms with van der Waals surface area (Å²) in [4.78, 5) is 19.2. The van der Waals surface area contributed by atoms with Gasteiger partial charge in [-0.1, -0.05) is 56.3 Å². The Morgan fingerprint density at radius 2 is 1.82 bits per heavy atom. The minimum Gasteiger partial charge on any atom is -0.445 e. The molecule has 0 radical (unpaired) electrons. The summed E-state index contributed by atoms with van der Waals surface area (Å²) in [5.74, 6) is 1.55. The molecule has 34 heavy (non-hydrogen) atoms. The number of hydrogen-bond donors (Lipinski definition) is 0. The highest BCUT2D eigenvalue weighted by atomic mass is 16.6. The highest BCUT2D eigenvalue weighted by Gasteiger charge is 2.35. The van der Waals surface area contributed by atoms with E-state index in [1.54, 1.807) is 4.90 Å². The van der Waals surface area contributed by atoms with E-state index in [2.05, 4.69) is 48.4 Å². The third kappa shape index (κ3) is 5.47. The number of ether oxygens (including phenoxy) is 1. The second-order valence-corrected chi connectivity index (χ2v) is 9.89. The molecule has 0 spiro atoms. The van der Waals surface area contributed by atoms with Gasteiger partial charge < -0.3 is 14.5 Å². The lowest BCUT2D eigenvalue weighted by Crippen LogP contribution is -2.46.